The summed E-state index contributed by atoms with van der Waals surface area (Å²) < 4.78 is 15.8. The Morgan fingerprint density at radius 1 is 1.50 bits per heavy atom. The third-order valence-corrected chi connectivity index (χ3v) is 3.49. The maximum Gasteiger partial charge on any atom is 0.138 e. The number of nitrogens with two attached hydrogens (primary N) is 1. The predicted molar refractivity (Wildman–Crippen MR) is 78.8 cm³/mol. The number of aromatic nitrogens is 2. The summed E-state index contributed by atoms with van der Waals surface area (Å²) in [6.45, 7) is 0.637. The van der Waals surface area contributed by atoms with Gasteiger partial charge in [0, 0.05) is 38.5 Å². The summed E-state index contributed by atoms with van der Waals surface area (Å²) in [5.41, 5.74) is 8.24. The van der Waals surface area contributed by atoms with Crippen LogP contribution in [0.4, 0.5) is 15.8 Å². The Morgan fingerprint density at radius 3 is 2.83 bits per heavy atom. The lowest BCUT2D eigenvalue weighted by Gasteiger charge is -2.20. The van der Waals surface area contributed by atoms with Crippen molar-refractivity contribution in [3.8, 4) is 0 Å². The van der Waals surface area contributed by atoms with E-state index in [4.69, 9.17) is 5.73 Å². The fourth-order valence-corrected chi connectivity index (χ4v) is 2.29. The highest BCUT2D eigenvalue weighted by atomic mass is 127. The van der Waals surface area contributed by atoms with E-state index in [9.17, 15) is 4.39 Å². The molecular formula is C12H14FIN4. The Hall–Kier alpha value is -1.31. The number of benzene rings is 1. The summed E-state index contributed by atoms with van der Waals surface area (Å²) in [4.78, 5) is 1.91. The summed E-state index contributed by atoms with van der Waals surface area (Å²) in [6.07, 6.45) is 3.71. The van der Waals surface area contributed by atoms with Crippen molar-refractivity contribution >= 4 is 34.0 Å². The van der Waals surface area contributed by atoms with Crippen molar-refractivity contribution < 1.29 is 4.39 Å². The van der Waals surface area contributed by atoms with E-state index in [1.54, 1.807) is 16.9 Å². The molecule has 0 spiro atoms. The highest BCUT2D eigenvalue weighted by Crippen LogP contribution is 2.27. The lowest BCUT2D eigenvalue weighted by molar-refractivity contribution is 0.620. The molecule has 2 rings (SSSR count). The Bertz CT molecular complexity index is 567. The van der Waals surface area contributed by atoms with Gasteiger partial charge in [0.1, 0.15) is 5.82 Å². The van der Waals surface area contributed by atoms with Crippen LogP contribution in [-0.2, 0) is 13.6 Å². The van der Waals surface area contributed by atoms with Crippen LogP contribution in [0, 0.1) is 9.39 Å². The first kappa shape index (κ1) is 13.1. The fraction of sp³-hybridized carbons (Fsp3) is 0.250. The number of anilines is 2. The van der Waals surface area contributed by atoms with E-state index in [0.29, 0.717) is 21.5 Å². The molecule has 6 heteroatoms. The molecule has 0 aliphatic rings. The zero-order valence-corrected chi connectivity index (χ0v) is 12.3. The monoisotopic (exact) mass is 360 g/mol. The first-order valence-electron chi connectivity index (χ1n) is 5.40. The third-order valence-electron chi connectivity index (χ3n) is 2.66. The quantitative estimate of drug-likeness (QED) is 0.676. The lowest BCUT2D eigenvalue weighted by atomic mass is 10.2. The molecule has 0 aliphatic heterocycles. The normalized spacial score (nSPS) is 10.7. The van der Waals surface area contributed by atoms with Crippen LogP contribution in [0.1, 0.15) is 5.56 Å². The van der Waals surface area contributed by atoms with Gasteiger partial charge in [0.2, 0.25) is 0 Å². The van der Waals surface area contributed by atoms with Gasteiger partial charge in [0.15, 0.2) is 0 Å². The molecule has 1 aromatic heterocycles. The van der Waals surface area contributed by atoms with Crippen LogP contribution in [-0.4, -0.2) is 16.8 Å². The number of rotatable bonds is 3. The SMILES string of the molecule is CN(Cc1cnn(C)c1)c1cc(F)c(I)cc1N. The van der Waals surface area contributed by atoms with Gasteiger partial charge in [-0.25, -0.2) is 4.39 Å². The van der Waals surface area contributed by atoms with E-state index >= 15 is 0 Å². The molecule has 0 unspecified atom stereocenters. The van der Waals surface area contributed by atoms with Crippen LogP contribution in [0.5, 0.6) is 0 Å². The van der Waals surface area contributed by atoms with Crippen LogP contribution in [0.3, 0.4) is 0 Å². The number of aryl methyl sites for hydroxylation is 1. The van der Waals surface area contributed by atoms with E-state index in [0.717, 1.165) is 5.56 Å². The molecule has 2 aromatic rings. The standard InChI is InChI=1S/C12H14FIN4/c1-17(6-8-5-16-18(2)7-8)12-3-9(13)10(14)4-11(12)15/h3-5,7H,6,15H2,1-2H3. The molecule has 4 nitrogen and oxygen atoms in total. The van der Waals surface area contributed by atoms with E-state index < -0.39 is 0 Å². The Labute approximate surface area is 119 Å². The van der Waals surface area contributed by atoms with Crippen molar-refractivity contribution in [2.45, 2.75) is 6.54 Å². The molecule has 0 atom stereocenters. The van der Waals surface area contributed by atoms with Gasteiger partial charge in [0.25, 0.3) is 0 Å². The number of hydrogen-bond acceptors (Lipinski definition) is 3. The van der Waals surface area contributed by atoms with Crippen molar-refractivity contribution in [1.29, 1.82) is 0 Å². The highest BCUT2D eigenvalue weighted by molar-refractivity contribution is 14.1. The van der Waals surface area contributed by atoms with Crippen LogP contribution in [0.2, 0.25) is 0 Å². The van der Waals surface area contributed by atoms with Gasteiger partial charge in [-0.15, -0.1) is 0 Å². The van der Waals surface area contributed by atoms with Crippen molar-refractivity contribution in [1.82, 2.24) is 9.78 Å². The van der Waals surface area contributed by atoms with Gasteiger partial charge in [-0.2, -0.15) is 5.10 Å². The Kier molecular flexibility index (Phi) is 3.74. The van der Waals surface area contributed by atoms with Crippen LogP contribution in [0.15, 0.2) is 24.5 Å². The molecule has 0 saturated carbocycles. The number of halogens is 2. The van der Waals surface area contributed by atoms with Gasteiger partial charge in [-0.05, 0) is 28.7 Å². The largest absolute Gasteiger partial charge is 0.397 e. The molecule has 96 valence electrons. The fourth-order valence-electron chi connectivity index (χ4n) is 1.79. The molecular weight excluding hydrogens is 346 g/mol. The molecule has 0 saturated heterocycles. The van der Waals surface area contributed by atoms with Crippen molar-refractivity contribution in [2.24, 2.45) is 7.05 Å². The van der Waals surface area contributed by atoms with E-state index in [1.807, 2.05) is 47.8 Å². The summed E-state index contributed by atoms with van der Waals surface area (Å²) in [5.74, 6) is -0.252. The van der Waals surface area contributed by atoms with Gasteiger partial charge in [-0.1, -0.05) is 0 Å². The maximum atomic E-state index is 13.6. The van der Waals surface area contributed by atoms with E-state index in [1.165, 1.54) is 6.07 Å². The minimum absolute atomic E-state index is 0.252. The first-order chi connectivity index (χ1) is 8.47. The van der Waals surface area contributed by atoms with Crippen molar-refractivity contribution in [3.05, 3.63) is 39.5 Å². The summed E-state index contributed by atoms with van der Waals surface area (Å²) in [6, 6.07) is 3.11. The number of hydrogen-bond donors (Lipinski definition) is 1. The molecule has 1 aromatic carbocycles. The van der Waals surface area contributed by atoms with Crippen LogP contribution in [0.25, 0.3) is 0 Å². The third kappa shape index (κ3) is 2.74. The molecule has 0 fully saturated rings. The summed E-state index contributed by atoms with van der Waals surface area (Å²) in [5, 5.41) is 4.10. The second-order valence-electron chi connectivity index (χ2n) is 4.20. The average molecular weight is 360 g/mol. The van der Waals surface area contributed by atoms with E-state index in [-0.39, 0.29) is 5.82 Å². The molecule has 0 amide bonds. The van der Waals surface area contributed by atoms with E-state index in [2.05, 4.69) is 5.10 Å². The lowest BCUT2D eigenvalue weighted by Crippen LogP contribution is -2.18. The highest BCUT2D eigenvalue weighted by Gasteiger charge is 2.11. The zero-order chi connectivity index (χ0) is 13.3. The minimum Gasteiger partial charge on any atom is -0.397 e. The summed E-state index contributed by atoms with van der Waals surface area (Å²) in [7, 11) is 3.74. The maximum absolute atomic E-state index is 13.6. The van der Waals surface area contributed by atoms with Gasteiger partial charge in [0.05, 0.1) is 21.1 Å². The van der Waals surface area contributed by atoms with Gasteiger partial charge >= 0.3 is 0 Å². The minimum atomic E-state index is -0.252. The smallest absolute Gasteiger partial charge is 0.138 e. The molecule has 1 heterocycles. The molecule has 0 bridgehead atoms. The zero-order valence-electron chi connectivity index (χ0n) is 10.2. The van der Waals surface area contributed by atoms with Crippen LogP contribution >= 0.6 is 22.6 Å². The average Bonchev–Trinajstić information content (AvgIpc) is 2.69. The number of nitrogens with zero attached hydrogens (tertiary/aromatic N) is 3. The molecule has 0 radical (unpaired) electrons. The van der Waals surface area contributed by atoms with Gasteiger partial charge in [-0.3, -0.25) is 4.68 Å². The predicted octanol–water partition coefficient (Wildman–Crippen LogP) is 2.38. The summed E-state index contributed by atoms with van der Waals surface area (Å²) >= 11 is 1.93. The first-order valence-corrected chi connectivity index (χ1v) is 6.48. The van der Waals surface area contributed by atoms with Crippen LogP contribution < -0.4 is 10.6 Å². The second-order valence-corrected chi connectivity index (χ2v) is 5.37. The Balaban J connectivity index is 2.23. The number of nitrogen functional groups attached to an aromatic ring is 1. The molecule has 18 heavy (non-hydrogen) atoms. The van der Waals surface area contributed by atoms with Crippen molar-refractivity contribution in [3.63, 3.8) is 0 Å². The molecule has 0 aliphatic carbocycles. The Morgan fingerprint density at radius 2 is 2.22 bits per heavy atom. The second kappa shape index (κ2) is 5.13. The topological polar surface area (TPSA) is 47.1 Å². The van der Waals surface area contributed by atoms with Crippen molar-refractivity contribution in [2.75, 3.05) is 17.7 Å². The van der Waals surface area contributed by atoms with Gasteiger partial charge < -0.3 is 10.6 Å². The molecule has 2 N–H and O–H groups in total.